The highest BCUT2D eigenvalue weighted by molar-refractivity contribution is 5.84. The predicted octanol–water partition coefficient (Wildman–Crippen LogP) is 3.18. The minimum atomic E-state index is -0.504. The Kier molecular flexibility index (Phi) is 3.64. The van der Waals surface area contributed by atoms with Crippen molar-refractivity contribution in [2.75, 3.05) is 10.6 Å². The largest absolute Gasteiger partial charge is 0.444 e. The SMILES string of the molecule is CCC1Cc2nc(NC(=O)OC(C)(C)C)ccc2N1. The van der Waals surface area contributed by atoms with Crippen LogP contribution in [0.25, 0.3) is 0 Å². The van der Waals surface area contributed by atoms with Crippen LogP contribution >= 0.6 is 0 Å². The number of hydrogen-bond acceptors (Lipinski definition) is 4. The third-order valence-electron chi connectivity index (χ3n) is 2.90. The van der Waals surface area contributed by atoms with Crippen LogP contribution in [0.3, 0.4) is 0 Å². The normalized spacial score (nSPS) is 17.6. The molecule has 1 aromatic heterocycles. The number of aromatic nitrogens is 1. The lowest BCUT2D eigenvalue weighted by molar-refractivity contribution is 0.0635. The Morgan fingerprint density at radius 1 is 1.53 bits per heavy atom. The van der Waals surface area contributed by atoms with E-state index in [1.165, 1.54) is 0 Å². The van der Waals surface area contributed by atoms with Crippen molar-refractivity contribution < 1.29 is 9.53 Å². The molecule has 5 nitrogen and oxygen atoms in total. The van der Waals surface area contributed by atoms with E-state index in [9.17, 15) is 4.79 Å². The zero-order chi connectivity index (χ0) is 14.0. The van der Waals surface area contributed by atoms with Gasteiger partial charge < -0.3 is 10.1 Å². The summed E-state index contributed by atoms with van der Waals surface area (Å²) in [7, 11) is 0. The minimum Gasteiger partial charge on any atom is -0.444 e. The summed E-state index contributed by atoms with van der Waals surface area (Å²) < 4.78 is 5.20. The predicted molar refractivity (Wildman–Crippen MR) is 75.5 cm³/mol. The number of hydrogen-bond donors (Lipinski definition) is 2. The van der Waals surface area contributed by atoms with Crippen LogP contribution < -0.4 is 10.6 Å². The van der Waals surface area contributed by atoms with Gasteiger partial charge >= 0.3 is 6.09 Å². The number of fused-ring (bicyclic) bond motifs is 1. The number of nitrogens with zero attached hydrogens (tertiary/aromatic N) is 1. The van der Waals surface area contributed by atoms with Crippen LogP contribution in [0.5, 0.6) is 0 Å². The van der Waals surface area contributed by atoms with Crippen molar-refractivity contribution in [2.24, 2.45) is 0 Å². The number of amides is 1. The Bertz CT molecular complexity index is 480. The molecule has 0 radical (unpaired) electrons. The van der Waals surface area contributed by atoms with E-state index in [1.807, 2.05) is 26.8 Å². The van der Waals surface area contributed by atoms with Crippen LogP contribution in [0.15, 0.2) is 12.1 Å². The summed E-state index contributed by atoms with van der Waals surface area (Å²) in [6.07, 6.45) is 1.49. The number of pyridine rings is 1. The van der Waals surface area contributed by atoms with Crippen molar-refractivity contribution in [2.45, 2.75) is 52.2 Å². The van der Waals surface area contributed by atoms with Crippen LogP contribution in [0.2, 0.25) is 0 Å². The maximum absolute atomic E-state index is 11.7. The molecule has 19 heavy (non-hydrogen) atoms. The molecule has 1 atom stereocenters. The molecular formula is C14H21N3O2. The van der Waals surface area contributed by atoms with E-state index in [-0.39, 0.29) is 0 Å². The molecule has 0 saturated carbocycles. The minimum absolute atomic E-state index is 0.444. The summed E-state index contributed by atoms with van der Waals surface area (Å²) in [5.74, 6) is 0.534. The molecule has 2 N–H and O–H groups in total. The van der Waals surface area contributed by atoms with E-state index in [1.54, 1.807) is 6.07 Å². The first-order valence-corrected chi connectivity index (χ1v) is 6.64. The first-order valence-electron chi connectivity index (χ1n) is 6.64. The van der Waals surface area contributed by atoms with Gasteiger partial charge in [-0.05, 0) is 39.3 Å². The van der Waals surface area contributed by atoms with Crippen molar-refractivity contribution in [1.29, 1.82) is 0 Å². The zero-order valence-corrected chi connectivity index (χ0v) is 11.9. The fourth-order valence-corrected chi connectivity index (χ4v) is 2.02. The number of ether oxygens (including phenoxy) is 1. The summed E-state index contributed by atoms with van der Waals surface area (Å²) in [5.41, 5.74) is 1.55. The van der Waals surface area contributed by atoms with Crippen LogP contribution in [0.4, 0.5) is 16.3 Å². The molecule has 1 aromatic rings. The van der Waals surface area contributed by atoms with Gasteiger partial charge in [0.15, 0.2) is 0 Å². The van der Waals surface area contributed by atoms with Gasteiger partial charge in [0.25, 0.3) is 0 Å². The lowest BCUT2D eigenvalue weighted by atomic mass is 10.2. The Balaban J connectivity index is 2.02. The summed E-state index contributed by atoms with van der Waals surface area (Å²) in [6, 6.07) is 4.18. The molecule has 0 bridgehead atoms. The van der Waals surface area contributed by atoms with Gasteiger partial charge in [-0.15, -0.1) is 0 Å². The first kappa shape index (κ1) is 13.6. The third-order valence-corrected chi connectivity index (χ3v) is 2.90. The highest BCUT2D eigenvalue weighted by atomic mass is 16.6. The molecule has 0 aliphatic carbocycles. The number of nitrogens with one attached hydrogen (secondary N) is 2. The van der Waals surface area contributed by atoms with Gasteiger partial charge in [-0.3, -0.25) is 5.32 Å². The van der Waals surface area contributed by atoms with Gasteiger partial charge in [-0.25, -0.2) is 9.78 Å². The quantitative estimate of drug-likeness (QED) is 0.860. The van der Waals surface area contributed by atoms with Crippen molar-refractivity contribution in [1.82, 2.24) is 4.98 Å². The maximum Gasteiger partial charge on any atom is 0.413 e. The number of anilines is 2. The second-order valence-corrected chi connectivity index (χ2v) is 5.77. The number of carbonyl (C=O) groups excluding carboxylic acids is 1. The highest BCUT2D eigenvalue weighted by Gasteiger charge is 2.21. The zero-order valence-electron chi connectivity index (χ0n) is 11.9. The van der Waals surface area contributed by atoms with Crippen LogP contribution in [0.1, 0.15) is 39.8 Å². The van der Waals surface area contributed by atoms with Crippen LogP contribution in [-0.4, -0.2) is 22.7 Å². The van der Waals surface area contributed by atoms with Gasteiger partial charge in [0.2, 0.25) is 0 Å². The molecule has 0 spiro atoms. The van der Waals surface area contributed by atoms with Gasteiger partial charge in [-0.1, -0.05) is 6.92 Å². The molecule has 0 fully saturated rings. The number of carbonyl (C=O) groups is 1. The van der Waals surface area contributed by atoms with E-state index in [2.05, 4.69) is 22.5 Å². The Morgan fingerprint density at radius 2 is 2.26 bits per heavy atom. The molecule has 1 aliphatic rings. The molecular weight excluding hydrogens is 242 g/mol. The standard InChI is InChI=1S/C14H21N3O2/c1-5-9-8-11-10(15-9)6-7-12(16-11)17-13(18)19-14(2,3)4/h6-7,9,15H,5,8H2,1-4H3,(H,16,17,18). The Morgan fingerprint density at radius 3 is 2.89 bits per heavy atom. The average molecular weight is 263 g/mol. The lowest BCUT2D eigenvalue weighted by Crippen LogP contribution is -2.27. The fraction of sp³-hybridized carbons (Fsp3) is 0.571. The summed E-state index contributed by atoms with van der Waals surface area (Å²) in [5, 5.41) is 6.06. The molecule has 104 valence electrons. The highest BCUT2D eigenvalue weighted by Crippen LogP contribution is 2.26. The van der Waals surface area contributed by atoms with Crippen molar-refractivity contribution in [3.63, 3.8) is 0 Å². The third kappa shape index (κ3) is 3.59. The monoisotopic (exact) mass is 263 g/mol. The van der Waals surface area contributed by atoms with Crippen LogP contribution in [-0.2, 0) is 11.2 Å². The van der Waals surface area contributed by atoms with E-state index < -0.39 is 11.7 Å². The molecule has 0 aromatic carbocycles. The number of rotatable bonds is 2. The van der Waals surface area contributed by atoms with Gasteiger partial charge in [-0.2, -0.15) is 0 Å². The van der Waals surface area contributed by atoms with Crippen molar-refractivity contribution in [3.8, 4) is 0 Å². The first-order chi connectivity index (χ1) is 8.87. The van der Waals surface area contributed by atoms with E-state index >= 15 is 0 Å². The molecule has 0 saturated heterocycles. The van der Waals surface area contributed by atoms with E-state index in [4.69, 9.17) is 4.74 Å². The molecule has 1 aliphatic heterocycles. The van der Waals surface area contributed by atoms with Crippen LogP contribution in [0, 0.1) is 0 Å². The van der Waals surface area contributed by atoms with E-state index in [0.29, 0.717) is 11.9 Å². The second kappa shape index (κ2) is 5.07. The Labute approximate surface area is 113 Å². The molecule has 1 unspecified atom stereocenters. The molecule has 2 rings (SSSR count). The smallest absolute Gasteiger partial charge is 0.413 e. The van der Waals surface area contributed by atoms with E-state index in [0.717, 1.165) is 24.2 Å². The molecule has 2 heterocycles. The summed E-state index contributed by atoms with van der Waals surface area (Å²) in [6.45, 7) is 7.64. The lowest BCUT2D eigenvalue weighted by Gasteiger charge is -2.19. The summed E-state index contributed by atoms with van der Waals surface area (Å²) >= 11 is 0. The van der Waals surface area contributed by atoms with Gasteiger partial charge in [0, 0.05) is 12.5 Å². The average Bonchev–Trinajstić information content (AvgIpc) is 2.68. The van der Waals surface area contributed by atoms with Gasteiger partial charge in [0.1, 0.15) is 11.4 Å². The van der Waals surface area contributed by atoms with Gasteiger partial charge in [0.05, 0.1) is 11.4 Å². The van der Waals surface area contributed by atoms with Crippen molar-refractivity contribution in [3.05, 3.63) is 17.8 Å². The topological polar surface area (TPSA) is 63.2 Å². The van der Waals surface area contributed by atoms with Crippen molar-refractivity contribution >= 4 is 17.6 Å². The molecule has 1 amide bonds. The summed E-state index contributed by atoms with van der Waals surface area (Å²) in [4.78, 5) is 16.1. The maximum atomic E-state index is 11.7. The Hall–Kier alpha value is -1.78. The molecule has 5 heteroatoms. The fourth-order valence-electron chi connectivity index (χ4n) is 2.02. The second-order valence-electron chi connectivity index (χ2n) is 5.77.